The van der Waals surface area contributed by atoms with Crippen LogP contribution in [-0.2, 0) is 9.59 Å². The zero-order valence-corrected chi connectivity index (χ0v) is 15.4. The van der Waals surface area contributed by atoms with Crippen molar-refractivity contribution in [2.75, 3.05) is 13.1 Å². The lowest BCUT2D eigenvalue weighted by molar-refractivity contribution is -0.155. The van der Waals surface area contributed by atoms with Gasteiger partial charge in [0.1, 0.15) is 0 Å². The number of hydrogen-bond donors (Lipinski definition) is 1. The van der Waals surface area contributed by atoms with Crippen LogP contribution in [0.3, 0.4) is 0 Å². The molecule has 0 aliphatic carbocycles. The summed E-state index contributed by atoms with van der Waals surface area (Å²) in [5.41, 5.74) is 0.466. The molecule has 2 aromatic carbocycles. The number of hydroxylamine groups is 2. The SMILES string of the molecule is CCCCC1CN(C(=O)c2ccc3ccccc3c2)C(=O)C1CN(O)C=O. The van der Waals surface area contributed by atoms with Crippen LogP contribution < -0.4 is 0 Å². The number of unbranched alkanes of at least 4 members (excludes halogenated alkanes) is 1. The van der Waals surface area contributed by atoms with E-state index in [1.807, 2.05) is 30.3 Å². The van der Waals surface area contributed by atoms with Crippen molar-refractivity contribution in [3.63, 3.8) is 0 Å². The van der Waals surface area contributed by atoms with E-state index in [9.17, 15) is 19.6 Å². The normalized spacial score (nSPS) is 19.5. The van der Waals surface area contributed by atoms with Crippen LogP contribution in [0.25, 0.3) is 10.8 Å². The summed E-state index contributed by atoms with van der Waals surface area (Å²) in [5.74, 6) is -1.27. The highest BCUT2D eigenvalue weighted by atomic mass is 16.5. The van der Waals surface area contributed by atoms with Crippen molar-refractivity contribution in [1.29, 1.82) is 0 Å². The molecule has 1 aliphatic heterocycles. The summed E-state index contributed by atoms with van der Waals surface area (Å²) in [6.07, 6.45) is 2.98. The van der Waals surface area contributed by atoms with E-state index in [0.29, 0.717) is 17.2 Å². The minimum absolute atomic E-state index is 0.0588. The van der Waals surface area contributed by atoms with Crippen molar-refractivity contribution in [2.24, 2.45) is 11.8 Å². The minimum atomic E-state index is -0.559. The van der Waals surface area contributed by atoms with Crippen LogP contribution in [0.5, 0.6) is 0 Å². The molecule has 2 atom stereocenters. The van der Waals surface area contributed by atoms with Crippen LogP contribution in [0.4, 0.5) is 0 Å². The molecular formula is C21H24N2O4. The van der Waals surface area contributed by atoms with Gasteiger partial charge in [0.2, 0.25) is 12.3 Å². The largest absolute Gasteiger partial charge is 0.286 e. The van der Waals surface area contributed by atoms with Crippen LogP contribution >= 0.6 is 0 Å². The number of nitrogens with zero attached hydrogens (tertiary/aromatic N) is 2. The Labute approximate surface area is 158 Å². The van der Waals surface area contributed by atoms with Crippen molar-refractivity contribution >= 4 is 29.0 Å². The van der Waals surface area contributed by atoms with Gasteiger partial charge in [0.15, 0.2) is 0 Å². The first-order valence-electron chi connectivity index (χ1n) is 9.30. The Hall–Kier alpha value is -2.73. The van der Waals surface area contributed by atoms with Crippen LogP contribution in [0, 0.1) is 11.8 Å². The summed E-state index contributed by atoms with van der Waals surface area (Å²) < 4.78 is 0. The van der Waals surface area contributed by atoms with Gasteiger partial charge in [-0.2, -0.15) is 0 Å². The van der Waals surface area contributed by atoms with Gasteiger partial charge < -0.3 is 0 Å². The van der Waals surface area contributed by atoms with Gasteiger partial charge in [0, 0.05) is 12.1 Å². The fourth-order valence-corrected chi connectivity index (χ4v) is 3.75. The predicted octanol–water partition coefficient (Wildman–Crippen LogP) is 3.09. The molecule has 0 spiro atoms. The topological polar surface area (TPSA) is 77.9 Å². The first kappa shape index (κ1) is 19.0. The smallest absolute Gasteiger partial charge is 0.260 e. The van der Waals surface area contributed by atoms with E-state index >= 15 is 0 Å². The van der Waals surface area contributed by atoms with Gasteiger partial charge >= 0.3 is 0 Å². The quantitative estimate of drug-likeness (QED) is 0.353. The highest BCUT2D eigenvalue weighted by Gasteiger charge is 2.43. The van der Waals surface area contributed by atoms with Crippen molar-refractivity contribution in [3.8, 4) is 0 Å². The zero-order chi connectivity index (χ0) is 19.4. The lowest BCUT2D eigenvalue weighted by Gasteiger charge is -2.18. The lowest BCUT2D eigenvalue weighted by Crippen LogP contribution is -2.36. The average molecular weight is 368 g/mol. The van der Waals surface area contributed by atoms with E-state index in [4.69, 9.17) is 0 Å². The van der Waals surface area contributed by atoms with E-state index in [0.717, 1.165) is 30.0 Å². The Kier molecular flexibility index (Phi) is 5.86. The molecule has 0 radical (unpaired) electrons. The second-order valence-electron chi connectivity index (χ2n) is 7.05. The Bertz CT molecular complexity index is 851. The number of amides is 3. The van der Waals surface area contributed by atoms with Gasteiger partial charge in [-0.25, -0.2) is 5.06 Å². The van der Waals surface area contributed by atoms with Crippen LogP contribution in [0.1, 0.15) is 36.5 Å². The molecule has 0 aromatic heterocycles. The maximum Gasteiger partial charge on any atom is 0.260 e. The van der Waals surface area contributed by atoms with Gasteiger partial charge in [-0.05, 0) is 35.2 Å². The fourth-order valence-electron chi connectivity index (χ4n) is 3.75. The van der Waals surface area contributed by atoms with Crippen LogP contribution in [-0.4, -0.2) is 46.5 Å². The summed E-state index contributed by atoms with van der Waals surface area (Å²) >= 11 is 0. The summed E-state index contributed by atoms with van der Waals surface area (Å²) in [5, 5.41) is 12.0. The molecule has 142 valence electrons. The molecule has 2 aromatic rings. The van der Waals surface area contributed by atoms with Crippen molar-refractivity contribution in [1.82, 2.24) is 9.96 Å². The van der Waals surface area contributed by atoms with E-state index in [-0.39, 0.29) is 30.7 Å². The Balaban J connectivity index is 1.84. The third-order valence-corrected chi connectivity index (χ3v) is 5.24. The number of hydrogen-bond acceptors (Lipinski definition) is 4. The van der Waals surface area contributed by atoms with Crippen LogP contribution in [0.2, 0.25) is 0 Å². The third kappa shape index (κ3) is 4.01. The summed E-state index contributed by atoms with van der Waals surface area (Å²) in [6.45, 7) is 2.30. The van der Waals surface area contributed by atoms with Crippen molar-refractivity contribution < 1.29 is 19.6 Å². The molecule has 0 saturated carbocycles. The van der Waals surface area contributed by atoms with Crippen molar-refractivity contribution in [3.05, 3.63) is 48.0 Å². The summed E-state index contributed by atoms with van der Waals surface area (Å²) in [7, 11) is 0. The molecule has 1 fully saturated rings. The number of rotatable bonds is 7. The van der Waals surface area contributed by atoms with E-state index in [1.165, 1.54) is 4.90 Å². The number of fused-ring (bicyclic) bond motifs is 1. The Morgan fingerprint density at radius 2 is 2.00 bits per heavy atom. The van der Waals surface area contributed by atoms with Gasteiger partial charge in [0.25, 0.3) is 5.91 Å². The maximum absolute atomic E-state index is 13.0. The molecule has 27 heavy (non-hydrogen) atoms. The van der Waals surface area contributed by atoms with Gasteiger partial charge in [0.05, 0.1) is 12.5 Å². The molecule has 6 nitrogen and oxygen atoms in total. The van der Waals surface area contributed by atoms with E-state index < -0.39 is 5.92 Å². The highest BCUT2D eigenvalue weighted by molar-refractivity contribution is 6.08. The first-order valence-corrected chi connectivity index (χ1v) is 9.30. The molecular weight excluding hydrogens is 344 g/mol. The molecule has 2 unspecified atom stereocenters. The summed E-state index contributed by atoms with van der Waals surface area (Å²) in [4.78, 5) is 37.9. The molecule has 6 heteroatoms. The highest BCUT2D eigenvalue weighted by Crippen LogP contribution is 2.31. The van der Waals surface area contributed by atoms with E-state index in [2.05, 4.69) is 6.92 Å². The van der Waals surface area contributed by atoms with E-state index in [1.54, 1.807) is 12.1 Å². The standard InChI is InChI=1S/C21H24N2O4/c1-2-3-6-18-12-23(21(26)19(18)13-22(27)14-24)20(25)17-10-9-15-7-4-5-8-16(15)11-17/h4-5,7-11,14,18-19,27H,2-3,6,12-13H2,1H3. The molecule has 1 saturated heterocycles. The number of imide groups is 1. The second-order valence-corrected chi connectivity index (χ2v) is 7.05. The molecule has 1 N–H and O–H groups in total. The molecule has 0 bridgehead atoms. The first-order chi connectivity index (χ1) is 13.0. The molecule has 3 rings (SSSR count). The minimum Gasteiger partial charge on any atom is -0.286 e. The monoisotopic (exact) mass is 368 g/mol. The average Bonchev–Trinajstić information content (AvgIpc) is 3.00. The second kappa shape index (κ2) is 8.31. The van der Waals surface area contributed by atoms with Gasteiger partial charge in [-0.3, -0.25) is 24.5 Å². The maximum atomic E-state index is 13.0. The lowest BCUT2D eigenvalue weighted by atomic mass is 9.90. The fraction of sp³-hybridized carbons (Fsp3) is 0.381. The van der Waals surface area contributed by atoms with Crippen molar-refractivity contribution in [2.45, 2.75) is 26.2 Å². The molecule has 1 heterocycles. The molecule has 3 amide bonds. The Morgan fingerprint density at radius 3 is 2.70 bits per heavy atom. The molecule has 1 aliphatic rings. The predicted molar refractivity (Wildman–Crippen MR) is 101 cm³/mol. The van der Waals surface area contributed by atoms with Gasteiger partial charge in [-0.15, -0.1) is 0 Å². The Morgan fingerprint density at radius 1 is 1.26 bits per heavy atom. The third-order valence-electron chi connectivity index (χ3n) is 5.24. The zero-order valence-electron chi connectivity index (χ0n) is 15.4. The summed E-state index contributed by atoms with van der Waals surface area (Å²) in [6, 6.07) is 13.1. The van der Waals surface area contributed by atoms with Crippen LogP contribution in [0.15, 0.2) is 42.5 Å². The van der Waals surface area contributed by atoms with Gasteiger partial charge in [-0.1, -0.05) is 50.1 Å². The number of likely N-dealkylation sites (tertiary alicyclic amines) is 1. The number of benzene rings is 2. The number of carbonyl (C=O) groups excluding carboxylic acids is 3. The number of carbonyl (C=O) groups is 3.